The van der Waals surface area contributed by atoms with E-state index in [1.165, 1.54) is 0 Å². The molecular formula is C5H12OPb. The first-order valence-electron chi connectivity index (χ1n) is 2.33. The molecule has 0 aromatic carbocycles. The van der Waals surface area contributed by atoms with Gasteiger partial charge in [-0.25, -0.2) is 0 Å². The van der Waals surface area contributed by atoms with Crippen molar-refractivity contribution in [1.82, 2.24) is 0 Å². The van der Waals surface area contributed by atoms with Crippen LogP contribution in [0.1, 0.15) is 26.7 Å². The number of carbonyl (C=O) groups excluding carboxylic acids is 1. The van der Waals surface area contributed by atoms with E-state index in [2.05, 4.69) is 0 Å². The second kappa shape index (κ2) is 6.59. The van der Waals surface area contributed by atoms with Gasteiger partial charge in [-0.1, -0.05) is 13.8 Å². The second-order valence-electron chi connectivity index (χ2n) is 1.25. The summed E-state index contributed by atoms with van der Waals surface area (Å²) in [4.78, 5) is 10.2. The van der Waals surface area contributed by atoms with E-state index in [9.17, 15) is 4.79 Å². The Morgan fingerprint density at radius 3 is 1.57 bits per heavy atom. The van der Waals surface area contributed by atoms with E-state index in [1.807, 2.05) is 13.8 Å². The molecule has 0 saturated heterocycles. The first kappa shape index (κ1) is 10.6. The molecule has 7 heavy (non-hydrogen) atoms. The van der Waals surface area contributed by atoms with E-state index in [0.29, 0.717) is 18.6 Å². The fraction of sp³-hybridized carbons (Fsp3) is 0.800. The molecule has 0 rings (SSSR count). The van der Waals surface area contributed by atoms with Gasteiger partial charge in [-0.3, -0.25) is 4.79 Å². The molecule has 0 aliphatic carbocycles. The van der Waals surface area contributed by atoms with E-state index in [1.54, 1.807) is 0 Å². The van der Waals surface area contributed by atoms with Crippen LogP contribution in [0.4, 0.5) is 0 Å². The van der Waals surface area contributed by atoms with Crippen LogP contribution in [0.3, 0.4) is 0 Å². The first-order chi connectivity index (χ1) is 2.81. The minimum absolute atomic E-state index is 0. The third kappa shape index (κ3) is 6.59. The van der Waals surface area contributed by atoms with Crippen molar-refractivity contribution >= 4 is 33.1 Å². The third-order valence-electron chi connectivity index (χ3n) is 0.789. The molecule has 0 aliphatic rings. The monoisotopic (exact) mass is 296 g/mol. The normalized spacial score (nSPS) is 7.14. The Kier molecular flexibility index (Phi) is 9.94. The van der Waals surface area contributed by atoms with Gasteiger partial charge in [0.15, 0.2) is 0 Å². The topological polar surface area (TPSA) is 17.1 Å². The summed E-state index contributed by atoms with van der Waals surface area (Å²) in [6, 6.07) is 0. The minimum atomic E-state index is 0. The molecule has 0 N–H and O–H groups in total. The van der Waals surface area contributed by atoms with Crippen molar-refractivity contribution in [1.29, 1.82) is 0 Å². The van der Waals surface area contributed by atoms with E-state index in [4.69, 9.17) is 0 Å². The van der Waals surface area contributed by atoms with Crippen LogP contribution in [-0.2, 0) is 4.79 Å². The molecule has 0 heterocycles. The van der Waals surface area contributed by atoms with Crippen molar-refractivity contribution in [3.05, 3.63) is 0 Å². The molecule has 0 unspecified atom stereocenters. The van der Waals surface area contributed by atoms with Gasteiger partial charge in [0.1, 0.15) is 5.78 Å². The van der Waals surface area contributed by atoms with Crippen molar-refractivity contribution in [2.75, 3.05) is 0 Å². The van der Waals surface area contributed by atoms with E-state index >= 15 is 0 Å². The molecule has 0 aromatic heterocycles. The number of carbonyl (C=O) groups is 1. The Bertz CT molecular complexity index is 46.0. The number of rotatable bonds is 2. The number of hydrogen-bond donors (Lipinski definition) is 0. The van der Waals surface area contributed by atoms with E-state index in [0.717, 1.165) is 0 Å². The fourth-order valence-electron chi connectivity index (χ4n) is 0.250. The van der Waals surface area contributed by atoms with Crippen LogP contribution in [0.2, 0.25) is 0 Å². The van der Waals surface area contributed by atoms with Crippen molar-refractivity contribution in [2.45, 2.75) is 26.7 Å². The summed E-state index contributed by atoms with van der Waals surface area (Å²) in [6.45, 7) is 3.76. The zero-order valence-electron chi connectivity index (χ0n) is 5.03. The van der Waals surface area contributed by atoms with Crippen LogP contribution in [0.15, 0.2) is 0 Å². The standard InChI is InChI=1S/C5H10O.Pb.2H/c1-3-5(6)4-2;;;/h3-4H2,1-2H3;;;. The Labute approximate surface area is 64.6 Å². The van der Waals surface area contributed by atoms with Crippen LogP contribution >= 0.6 is 0 Å². The Hall–Kier alpha value is 0.592. The SMILES string of the molecule is CCC(=O)CC.[PbH2]. The summed E-state index contributed by atoms with van der Waals surface area (Å²) in [5.74, 6) is 0.343. The zero-order valence-corrected chi connectivity index (χ0v) is 10.5. The molecule has 0 spiro atoms. The Morgan fingerprint density at radius 2 is 1.57 bits per heavy atom. The molecule has 1 nitrogen and oxygen atoms in total. The number of Topliss-reactive ketones (excluding diaryl/α,β-unsaturated/α-hetero) is 1. The van der Waals surface area contributed by atoms with Crippen molar-refractivity contribution in [3.8, 4) is 0 Å². The molecule has 0 bridgehead atoms. The summed E-state index contributed by atoms with van der Waals surface area (Å²) in [5.41, 5.74) is 0. The summed E-state index contributed by atoms with van der Waals surface area (Å²) in [5, 5.41) is 0. The molecular weight excluding hydrogens is 283 g/mol. The van der Waals surface area contributed by atoms with Crippen LogP contribution in [0.25, 0.3) is 0 Å². The van der Waals surface area contributed by atoms with Gasteiger partial charge in [-0.2, -0.15) is 0 Å². The average molecular weight is 295 g/mol. The molecule has 2 radical (unpaired) electrons. The fourth-order valence-corrected chi connectivity index (χ4v) is 0.250. The molecule has 0 fully saturated rings. The van der Waals surface area contributed by atoms with Crippen LogP contribution in [0.5, 0.6) is 0 Å². The molecule has 0 atom stereocenters. The van der Waals surface area contributed by atoms with Crippen LogP contribution in [-0.4, -0.2) is 33.1 Å². The van der Waals surface area contributed by atoms with Gasteiger partial charge >= 0.3 is 27.3 Å². The van der Waals surface area contributed by atoms with Gasteiger partial charge < -0.3 is 0 Å². The maximum absolute atomic E-state index is 10.2. The van der Waals surface area contributed by atoms with Gasteiger partial charge in [-0.15, -0.1) is 0 Å². The number of hydrogen-bond acceptors (Lipinski definition) is 1. The Morgan fingerprint density at radius 1 is 1.29 bits per heavy atom. The van der Waals surface area contributed by atoms with Gasteiger partial charge in [0.25, 0.3) is 0 Å². The van der Waals surface area contributed by atoms with Gasteiger partial charge in [0.2, 0.25) is 0 Å². The van der Waals surface area contributed by atoms with Crippen LogP contribution in [0, 0.1) is 0 Å². The maximum atomic E-state index is 10.2. The quantitative estimate of drug-likeness (QED) is 0.677. The van der Waals surface area contributed by atoms with Gasteiger partial charge in [-0.05, 0) is 0 Å². The molecule has 0 amide bonds. The summed E-state index contributed by atoms with van der Waals surface area (Å²) >= 11 is 0. The Balaban J connectivity index is 0. The predicted molar refractivity (Wildman–Crippen MR) is 34.1 cm³/mol. The van der Waals surface area contributed by atoms with Crippen molar-refractivity contribution in [2.24, 2.45) is 0 Å². The predicted octanol–water partition coefficient (Wildman–Crippen LogP) is 0.459. The molecule has 0 aromatic rings. The first-order valence-corrected chi connectivity index (χ1v) is 2.33. The average Bonchev–Trinajstić information content (AvgIpc) is 1.65. The van der Waals surface area contributed by atoms with Gasteiger partial charge in [0.05, 0.1) is 0 Å². The summed E-state index contributed by atoms with van der Waals surface area (Å²) < 4.78 is 0. The third-order valence-corrected chi connectivity index (χ3v) is 0.789. The zero-order chi connectivity index (χ0) is 4.99. The van der Waals surface area contributed by atoms with E-state index in [-0.39, 0.29) is 27.3 Å². The molecule has 0 saturated carbocycles. The number of ketones is 1. The molecule has 2 heteroatoms. The van der Waals surface area contributed by atoms with Crippen molar-refractivity contribution < 1.29 is 4.79 Å². The second-order valence-corrected chi connectivity index (χ2v) is 1.25. The van der Waals surface area contributed by atoms with Crippen molar-refractivity contribution in [3.63, 3.8) is 0 Å². The van der Waals surface area contributed by atoms with E-state index < -0.39 is 0 Å². The summed E-state index contributed by atoms with van der Waals surface area (Å²) in [6.07, 6.45) is 1.38. The van der Waals surface area contributed by atoms with Gasteiger partial charge in [0, 0.05) is 12.8 Å². The molecule has 42 valence electrons. The van der Waals surface area contributed by atoms with Crippen LogP contribution < -0.4 is 0 Å². The molecule has 0 aliphatic heterocycles. The summed E-state index contributed by atoms with van der Waals surface area (Å²) in [7, 11) is 0.